The third kappa shape index (κ3) is 4.58. The highest BCUT2D eigenvalue weighted by Gasteiger charge is 2.23. The van der Waals surface area contributed by atoms with E-state index in [9.17, 15) is 9.59 Å². The highest BCUT2D eigenvalue weighted by molar-refractivity contribution is 5.96. The molecule has 1 atom stereocenters. The molecule has 0 spiro atoms. The molecule has 2 aromatic heterocycles. The Morgan fingerprint density at radius 3 is 2.90 bits per heavy atom. The summed E-state index contributed by atoms with van der Waals surface area (Å²) in [5.74, 6) is -0.444. The second-order valence-electron chi connectivity index (χ2n) is 7.21. The van der Waals surface area contributed by atoms with Crippen molar-refractivity contribution in [3.05, 3.63) is 54.9 Å². The predicted octanol–water partition coefficient (Wildman–Crippen LogP) is 1.85. The standard InChI is InChI=1S/C21H22N8O2/c1-2-17(30)29-9-5-7-14(12-29)25-21-26-20(18(19(22)31)27-28-21)24-15-10-13-6-3-4-8-16(13)23-11-15/h2-4,6,8,10-11,14H,1,5,7,9,12H2,(H2,22,31)(H2,24,25,26,28)/t14-/m1/s1. The number of primary amides is 1. The Balaban J connectivity index is 1.56. The highest BCUT2D eigenvalue weighted by Crippen LogP contribution is 2.22. The minimum Gasteiger partial charge on any atom is -0.364 e. The molecule has 10 heteroatoms. The molecule has 3 aromatic rings. The fourth-order valence-electron chi connectivity index (χ4n) is 3.52. The number of pyridine rings is 1. The Morgan fingerprint density at radius 1 is 1.26 bits per heavy atom. The third-order valence-electron chi connectivity index (χ3n) is 5.01. The number of nitrogens with zero attached hydrogens (tertiary/aromatic N) is 5. The average Bonchev–Trinajstić information content (AvgIpc) is 2.78. The summed E-state index contributed by atoms with van der Waals surface area (Å²) in [6, 6.07) is 9.52. The van der Waals surface area contributed by atoms with Gasteiger partial charge in [0.25, 0.3) is 5.91 Å². The molecular formula is C21H22N8O2. The van der Waals surface area contributed by atoms with E-state index >= 15 is 0 Å². The second kappa shape index (κ2) is 8.74. The van der Waals surface area contributed by atoms with Gasteiger partial charge in [-0.25, -0.2) is 0 Å². The van der Waals surface area contributed by atoms with Crippen LogP contribution in [0, 0.1) is 0 Å². The van der Waals surface area contributed by atoms with E-state index in [0.29, 0.717) is 18.8 Å². The molecule has 3 heterocycles. The minimum atomic E-state index is -0.747. The van der Waals surface area contributed by atoms with Crippen LogP contribution in [0.2, 0.25) is 0 Å². The van der Waals surface area contributed by atoms with Crippen molar-refractivity contribution in [2.24, 2.45) is 5.73 Å². The van der Waals surface area contributed by atoms with Gasteiger partial charge in [-0.15, -0.1) is 10.2 Å². The molecule has 2 amide bonds. The molecule has 4 N–H and O–H groups in total. The number of benzene rings is 1. The van der Waals surface area contributed by atoms with E-state index in [-0.39, 0.29) is 29.4 Å². The van der Waals surface area contributed by atoms with Crippen molar-refractivity contribution in [1.82, 2.24) is 25.1 Å². The molecule has 10 nitrogen and oxygen atoms in total. The number of rotatable bonds is 6. The Kier molecular flexibility index (Phi) is 5.69. The number of piperidine rings is 1. The first kappa shape index (κ1) is 20.2. The van der Waals surface area contributed by atoms with Crippen LogP contribution < -0.4 is 16.4 Å². The molecule has 31 heavy (non-hydrogen) atoms. The Hall–Kier alpha value is -4.08. The second-order valence-corrected chi connectivity index (χ2v) is 7.21. The number of carbonyl (C=O) groups excluding carboxylic acids is 2. The molecule has 0 radical (unpaired) electrons. The number of likely N-dealkylation sites (tertiary alicyclic amines) is 1. The van der Waals surface area contributed by atoms with Crippen molar-refractivity contribution in [3.8, 4) is 0 Å². The molecule has 0 bridgehead atoms. The smallest absolute Gasteiger partial charge is 0.273 e. The van der Waals surface area contributed by atoms with E-state index in [2.05, 4.69) is 37.4 Å². The van der Waals surface area contributed by atoms with Crippen molar-refractivity contribution >= 4 is 40.2 Å². The molecule has 158 valence electrons. The Labute approximate surface area is 178 Å². The van der Waals surface area contributed by atoms with Crippen LogP contribution in [-0.2, 0) is 4.79 Å². The van der Waals surface area contributed by atoms with Gasteiger partial charge in [-0.05, 0) is 31.1 Å². The zero-order chi connectivity index (χ0) is 21.8. The molecule has 0 unspecified atom stereocenters. The van der Waals surface area contributed by atoms with Crippen molar-refractivity contribution < 1.29 is 9.59 Å². The summed E-state index contributed by atoms with van der Waals surface area (Å²) in [7, 11) is 0. The Morgan fingerprint density at radius 2 is 2.10 bits per heavy atom. The lowest BCUT2D eigenvalue weighted by Crippen LogP contribution is -2.44. The molecule has 1 fully saturated rings. The van der Waals surface area contributed by atoms with Gasteiger partial charge in [-0.2, -0.15) is 4.98 Å². The van der Waals surface area contributed by atoms with Crippen molar-refractivity contribution in [2.75, 3.05) is 23.7 Å². The zero-order valence-corrected chi connectivity index (χ0v) is 16.8. The largest absolute Gasteiger partial charge is 0.364 e. The fraction of sp³-hybridized carbons (Fsp3) is 0.238. The number of anilines is 3. The number of hydrogen-bond acceptors (Lipinski definition) is 8. The normalized spacial score (nSPS) is 16.0. The lowest BCUT2D eigenvalue weighted by atomic mass is 10.1. The van der Waals surface area contributed by atoms with Gasteiger partial charge in [0.15, 0.2) is 11.5 Å². The maximum atomic E-state index is 11.9. The van der Waals surface area contributed by atoms with Crippen molar-refractivity contribution in [2.45, 2.75) is 18.9 Å². The summed E-state index contributed by atoms with van der Waals surface area (Å²) in [6.07, 6.45) is 4.64. The van der Waals surface area contributed by atoms with Crippen LogP contribution in [0.1, 0.15) is 23.3 Å². The van der Waals surface area contributed by atoms with Gasteiger partial charge in [0, 0.05) is 24.5 Å². The topological polar surface area (TPSA) is 139 Å². The maximum absolute atomic E-state index is 11.9. The number of nitrogens with two attached hydrogens (primary N) is 1. The fourth-order valence-corrected chi connectivity index (χ4v) is 3.52. The Bertz CT molecular complexity index is 1150. The first-order chi connectivity index (χ1) is 15.0. The monoisotopic (exact) mass is 418 g/mol. The number of nitrogens with one attached hydrogen (secondary N) is 2. The van der Waals surface area contributed by atoms with Gasteiger partial charge in [0.2, 0.25) is 11.9 Å². The molecule has 1 aromatic carbocycles. The van der Waals surface area contributed by atoms with Gasteiger partial charge in [0.1, 0.15) is 0 Å². The predicted molar refractivity (Wildman–Crippen MR) is 117 cm³/mol. The third-order valence-corrected chi connectivity index (χ3v) is 5.01. The van der Waals surface area contributed by atoms with E-state index in [0.717, 1.165) is 23.7 Å². The average molecular weight is 418 g/mol. The molecule has 1 aliphatic heterocycles. The summed E-state index contributed by atoms with van der Waals surface area (Å²) in [6.45, 7) is 4.73. The zero-order valence-electron chi connectivity index (χ0n) is 16.8. The highest BCUT2D eigenvalue weighted by atomic mass is 16.2. The van der Waals surface area contributed by atoms with E-state index in [4.69, 9.17) is 5.73 Å². The number of carbonyl (C=O) groups is 2. The van der Waals surface area contributed by atoms with E-state index in [1.807, 2.05) is 30.3 Å². The van der Waals surface area contributed by atoms with Crippen LogP contribution in [0.3, 0.4) is 0 Å². The van der Waals surface area contributed by atoms with Gasteiger partial charge >= 0.3 is 0 Å². The quantitative estimate of drug-likeness (QED) is 0.516. The van der Waals surface area contributed by atoms with Crippen LogP contribution in [0.15, 0.2) is 49.2 Å². The van der Waals surface area contributed by atoms with Crippen molar-refractivity contribution in [3.63, 3.8) is 0 Å². The first-order valence-corrected chi connectivity index (χ1v) is 9.87. The summed E-state index contributed by atoms with van der Waals surface area (Å²) in [5.41, 5.74) is 6.85. The molecular weight excluding hydrogens is 396 g/mol. The number of fused-ring (bicyclic) bond motifs is 1. The summed E-state index contributed by atoms with van der Waals surface area (Å²) < 4.78 is 0. The molecule has 0 saturated carbocycles. The van der Waals surface area contributed by atoms with Gasteiger partial charge in [-0.3, -0.25) is 14.6 Å². The van der Waals surface area contributed by atoms with Crippen LogP contribution in [0.5, 0.6) is 0 Å². The van der Waals surface area contributed by atoms with Crippen LogP contribution in [0.4, 0.5) is 17.5 Å². The first-order valence-electron chi connectivity index (χ1n) is 9.87. The van der Waals surface area contributed by atoms with Gasteiger partial charge in [0.05, 0.1) is 17.4 Å². The van der Waals surface area contributed by atoms with Crippen LogP contribution >= 0.6 is 0 Å². The lowest BCUT2D eigenvalue weighted by molar-refractivity contribution is -0.127. The molecule has 0 aliphatic carbocycles. The van der Waals surface area contributed by atoms with Crippen LogP contribution in [-0.4, -0.2) is 56.0 Å². The number of hydrogen-bond donors (Lipinski definition) is 3. The van der Waals surface area contributed by atoms with Gasteiger partial charge < -0.3 is 21.3 Å². The van der Waals surface area contributed by atoms with E-state index in [1.54, 1.807) is 11.1 Å². The van der Waals surface area contributed by atoms with Crippen LogP contribution in [0.25, 0.3) is 10.9 Å². The lowest BCUT2D eigenvalue weighted by Gasteiger charge is -2.32. The van der Waals surface area contributed by atoms with E-state index in [1.165, 1.54) is 6.08 Å². The molecule has 4 rings (SSSR count). The van der Waals surface area contributed by atoms with E-state index < -0.39 is 5.91 Å². The van der Waals surface area contributed by atoms with Gasteiger partial charge in [-0.1, -0.05) is 24.8 Å². The summed E-state index contributed by atoms with van der Waals surface area (Å²) in [4.78, 5) is 34.3. The maximum Gasteiger partial charge on any atom is 0.273 e. The molecule has 1 saturated heterocycles. The summed E-state index contributed by atoms with van der Waals surface area (Å²) >= 11 is 0. The van der Waals surface area contributed by atoms with Crippen molar-refractivity contribution in [1.29, 1.82) is 0 Å². The number of amides is 2. The SMILES string of the molecule is C=CC(=O)N1CCC[C@@H](Nc2nnc(C(N)=O)c(Nc3cnc4ccccc4c3)n2)C1. The number of para-hydroxylation sites is 1. The summed E-state index contributed by atoms with van der Waals surface area (Å²) in [5, 5.41) is 15.1. The number of aromatic nitrogens is 4. The molecule has 1 aliphatic rings. The minimum absolute atomic E-state index is 0.0472.